The number of hydrogen-bond donors (Lipinski definition) is 0. The molecular weight excluding hydrogens is 376 g/mol. The number of nitrogens with zero attached hydrogens (tertiary/aromatic N) is 4. The number of pyridine rings is 2. The molecule has 0 bridgehead atoms. The molecule has 0 saturated heterocycles. The van der Waals surface area contributed by atoms with Gasteiger partial charge in [-0.2, -0.15) is 5.10 Å². The lowest BCUT2D eigenvalue weighted by atomic mass is 9.92. The third-order valence-electron chi connectivity index (χ3n) is 5.74. The largest absolute Gasteiger partial charge is 0.461 e. The highest BCUT2D eigenvalue weighted by molar-refractivity contribution is 6.03. The van der Waals surface area contributed by atoms with Gasteiger partial charge >= 0.3 is 0 Å². The zero-order chi connectivity index (χ0) is 20.1. The molecule has 1 aromatic carbocycles. The molecule has 0 aliphatic carbocycles. The number of rotatable bonds is 3. The van der Waals surface area contributed by atoms with Crippen LogP contribution in [-0.4, -0.2) is 26.5 Å². The van der Waals surface area contributed by atoms with Crippen molar-refractivity contribution in [3.8, 4) is 22.5 Å². The van der Waals surface area contributed by atoms with Gasteiger partial charge in [0.05, 0.1) is 11.2 Å². The summed E-state index contributed by atoms with van der Waals surface area (Å²) in [4.78, 5) is 9.47. The minimum atomic E-state index is 0.222. The van der Waals surface area contributed by atoms with Crippen LogP contribution in [0, 0.1) is 6.92 Å². The number of hydrogen-bond acceptors (Lipinski definition) is 5. The standard InChI is InChI=1S/C24H20N4O2/c1-15-6-4-9-19(26-15)24-23(20-10-5-11-28(20)27-24)22-16-7-2-3-8-18(16)25-12-17(22)21-13-29-14-30-21/h2-4,6-9,12-13H,5,10-11,14H2,1H3. The SMILES string of the molecule is Cc1cccc(-c2nn3c(c2-c2c(C4=COCO4)cnc4ccccc24)CCC3)n1. The van der Waals surface area contributed by atoms with Crippen molar-refractivity contribution in [1.82, 2.24) is 19.7 Å². The van der Waals surface area contributed by atoms with Crippen LogP contribution in [0.4, 0.5) is 0 Å². The molecule has 0 saturated carbocycles. The van der Waals surface area contributed by atoms with Crippen molar-refractivity contribution in [3.05, 3.63) is 71.9 Å². The first kappa shape index (κ1) is 17.2. The average molecular weight is 396 g/mol. The molecule has 0 amide bonds. The fourth-order valence-electron chi connectivity index (χ4n) is 4.43. The van der Waals surface area contributed by atoms with Gasteiger partial charge in [0.1, 0.15) is 12.0 Å². The summed E-state index contributed by atoms with van der Waals surface area (Å²) >= 11 is 0. The fourth-order valence-corrected chi connectivity index (χ4v) is 4.43. The maximum absolute atomic E-state index is 5.77. The summed E-state index contributed by atoms with van der Waals surface area (Å²) in [5, 5.41) is 6.07. The lowest BCUT2D eigenvalue weighted by Crippen LogP contribution is -1.98. The molecule has 30 heavy (non-hydrogen) atoms. The topological polar surface area (TPSA) is 62.1 Å². The zero-order valence-electron chi connectivity index (χ0n) is 16.6. The number of ether oxygens (including phenoxy) is 2. The van der Waals surface area contributed by atoms with Crippen molar-refractivity contribution >= 4 is 16.7 Å². The Bertz CT molecular complexity index is 1320. The highest BCUT2D eigenvalue weighted by Crippen LogP contribution is 2.43. The second-order valence-corrected chi connectivity index (χ2v) is 7.64. The van der Waals surface area contributed by atoms with Gasteiger partial charge in [0.25, 0.3) is 0 Å². The van der Waals surface area contributed by atoms with Gasteiger partial charge in [-0.1, -0.05) is 24.3 Å². The summed E-state index contributed by atoms with van der Waals surface area (Å²) in [5.74, 6) is 0.698. The van der Waals surface area contributed by atoms with E-state index in [0.29, 0.717) is 5.76 Å². The van der Waals surface area contributed by atoms with Crippen LogP contribution in [0.25, 0.3) is 39.2 Å². The molecule has 0 unspecified atom stereocenters. The van der Waals surface area contributed by atoms with E-state index in [1.807, 2.05) is 49.5 Å². The minimum Gasteiger partial charge on any atom is -0.461 e. The van der Waals surface area contributed by atoms with E-state index < -0.39 is 0 Å². The minimum absolute atomic E-state index is 0.222. The molecule has 6 heteroatoms. The van der Waals surface area contributed by atoms with E-state index in [1.54, 1.807) is 6.26 Å². The summed E-state index contributed by atoms with van der Waals surface area (Å²) < 4.78 is 13.3. The van der Waals surface area contributed by atoms with Crippen LogP contribution in [0.3, 0.4) is 0 Å². The molecule has 5 heterocycles. The summed E-state index contributed by atoms with van der Waals surface area (Å²) in [5.41, 5.74) is 8.07. The van der Waals surface area contributed by atoms with Gasteiger partial charge in [0.15, 0.2) is 5.76 Å². The lowest BCUT2D eigenvalue weighted by molar-refractivity contribution is 0.100. The molecule has 148 valence electrons. The lowest BCUT2D eigenvalue weighted by Gasteiger charge is -2.14. The Kier molecular flexibility index (Phi) is 3.84. The molecule has 2 aliphatic rings. The molecule has 0 N–H and O–H groups in total. The highest BCUT2D eigenvalue weighted by Gasteiger charge is 2.29. The predicted octanol–water partition coefficient (Wildman–Crippen LogP) is 4.72. The van der Waals surface area contributed by atoms with Crippen molar-refractivity contribution in [2.45, 2.75) is 26.3 Å². The molecule has 0 radical (unpaired) electrons. The Labute approximate surface area is 173 Å². The zero-order valence-corrected chi connectivity index (χ0v) is 16.6. The van der Waals surface area contributed by atoms with Crippen LogP contribution in [0.5, 0.6) is 0 Å². The summed E-state index contributed by atoms with van der Waals surface area (Å²) in [6.45, 7) is 3.16. The molecule has 4 aromatic rings. The monoisotopic (exact) mass is 396 g/mol. The smallest absolute Gasteiger partial charge is 0.230 e. The van der Waals surface area contributed by atoms with E-state index in [4.69, 9.17) is 19.6 Å². The van der Waals surface area contributed by atoms with E-state index in [1.165, 1.54) is 5.69 Å². The van der Waals surface area contributed by atoms with Crippen molar-refractivity contribution < 1.29 is 9.47 Å². The van der Waals surface area contributed by atoms with Crippen molar-refractivity contribution in [3.63, 3.8) is 0 Å². The maximum Gasteiger partial charge on any atom is 0.230 e. The van der Waals surface area contributed by atoms with Gasteiger partial charge in [-0.3, -0.25) is 14.6 Å². The average Bonchev–Trinajstić information content (AvgIpc) is 3.50. The first-order chi connectivity index (χ1) is 14.8. The number of benzene rings is 1. The van der Waals surface area contributed by atoms with Crippen molar-refractivity contribution in [1.29, 1.82) is 0 Å². The molecule has 2 aliphatic heterocycles. The fraction of sp³-hybridized carbons (Fsp3) is 0.208. The number of aromatic nitrogens is 4. The molecule has 3 aromatic heterocycles. The second-order valence-electron chi connectivity index (χ2n) is 7.64. The van der Waals surface area contributed by atoms with Gasteiger partial charge in [-0.15, -0.1) is 0 Å². The third-order valence-corrected chi connectivity index (χ3v) is 5.74. The Morgan fingerprint density at radius 1 is 1.03 bits per heavy atom. The van der Waals surface area contributed by atoms with Gasteiger partial charge in [0.2, 0.25) is 6.79 Å². The molecular formula is C24H20N4O2. The van der Waals surface area contributed by atoms with E-state index in [2.05, 4.69) is 15.7 Å². The summed E-state index contributed by atoms with van der Waals surface area (Å²) in [7, 11) is 0. The quantitative estimate of drug-likeness (QED) is 0.502. The van der Waals surface area contributed by atoms with E-state index in [0.717, 1.165) is 64.1 Å². The van der Waals surface area contributed by atoms with Gasteiger partial charge in [-0.25, -0.2) is 0 Å². The van der Waals surface area contributed by atoms with E-state index in [9.17, 15) is 0 Å². The Balaban J connectivity index is 1.72. The normalized spacial score (nSPS) is 15.0. The van der Waals surface area contributed by atoms with E-state index >= 15 is 0 Å². The maximum atomic E-state index is 5.77. The predicted molar refractivity (Wildman–Crippen MR) is 114 cm³/mol. The molecule has 0 fully saturated rings. The first-order valence-corrected chi connectivity index (χ1v) is 10.2. The summed E-state index contributed by atoms with van der Waals surface area (Å²) in [6.07, 6.45) is 5.63. The molecule has 0 atom stereocenters. The van der Waals surface area contributed by atoms with Crippen LogP contribution in [0.1, 0.15) is 23.4 Å². The number of para-hydroxylation sites is 1. The molecule has 6 rings (SSSR count). The third kappa shape index (κ3) is 2.60. The van der Waals surface area contributed by atoms with Crippen LogP contribution >= 0.6 is 0 Å². The second kappa shape index (κ2) is 6.69. The van der Waals surface area contributed by atoms with Crippen LogP contribution in [0.15, 0.2) is 54.9 Å². The van der Waals surface area contributed by atoms with Gasteiger partial charge in [-0.05, 0) is 38.0 Å². The van der Waals surface area contributed by atoms with Crippen molar-refractivity contribution in [2.24, 2.45) is 0 Å². The molecule has 6 nitrogen and oxygen atoms in total. The van der Waals surface area contributed by atoms with E-state index in [-0.39, 0.29) is 6.79 Å². The Hall–Kier alpha value is -3.67. The Morgan fingerprint density at radius 2 is 1.97 bits per heavy atom. The number of fused-ring (bicyclic) bond motifs is 2. The number of aryl methyl sites for hydroxylation is 2. The first-order valence-electron chi connectivity index (χ1n) is 10.2. The Morgan fingerprint density at radius 3 is 2.83 bits per heavy atom. The molecule has 0 spiro atoms. The van der Waals surface area contributed by atoms with Crippen LogP contribution < -0.4 is 0 Å². The summed E-state index contributed by atoms with van der Waals surface area (Å²) in [6, 6.07) is 14.3. The van der Waals surface area contributed by atoms with Gasteiger partial charge in [0, 0.05) is 46.2 Å². The van der Waals surface area contributed by atoms with Crippen LogP contribution in [0.2, 0.25) is 0 Å². The van der Waals surface area contributed by atoms with Crippen molar-refractivity contribution in [2.75, 3.05) is 6.79 Å². The highest BCUT2D eigenvalue weighted by atomic mass is 16.7. The van der Waals surface area contributed by atoms with Gasteiger partial charge < -0.3 is 9.47 Å². The van der Waals surface area contributed by atoms with Crippen LogP contribution in [-0.2, 0) is 22.4 Å².